The summed E-state index contributed by atoms with van der Waals surface area (Å²) in [6, 6.07) is 2.29. The Labute approximate surface area is 230 Å². The quantitative estimate of drug-likeness (QED) is 0.392. The Bertz CT molecular complexity index is 1040. The number of amides is 2. The van der Waals surface area contributed by atoms with Crippen LogP contribution in [-0.4, -0.2) is 50.2 Å². The molecule has 3 saturated carbocycles. The Morgan fingerprint density at radius 3 is 2.41 bits per heavy atom. The van der Waals surface area contributed by atoms with E-state index in [-0.39, 0.29) is 64.8 Å². The molecule has 3 aliphatic rings. The van der Waals surface area contributed by atoms with Crippen LogP contribution in [0.2, 0.25) is 0 Å². The third-order valence-electron chi connectivity index (χ3n) is 8.92. The molecule has 2 bridgehead atoms. The minimum atomic E-state index is -0.613. The molecule has 4 rings (SSSR count). The number of esters is 1. The van der Waals surface area contributed by atoms with E-state index in [0.717, 1.165) is 25.7 Å². The molecule has 5 atom stereocenters. The van der Waals surface area contributed by atoms with Crippen LogP contribution < -0.4 is 20.1 Å². The first-order valence-electron chi connectivity index (χ1n) is 14.5. The lowest BCUT2D eigenvalue weighted by atomic mass is 9.83. The van der Waals surface area contributed by atoms with Crippen LogP contribution in [0.25, 0.3) is 0 Å². The molecular formula is C30H43FN2O6. The summed E-state index contributed by atoms with van der Waals surface area (Å²) in [5, 5.41) is 6.20. The number of benzene rings is 1. The molecule has 3 aliphatic carbocycles. The largest absolute Gasteiger partial charge is 0.496 e. The lowest BCUT2D eigenvalue weighted by Gasteiger charge is -2.31. The molecule has 2 amide bonds. The van der Waals surface area contributed by atoms with Crippen LogP contribution in [0.1, 0.15) is 82.5 Å². The highest BCUT2D eigenvalue weighted by Gasteiger charge is 2.51. The number of ether oxygens (including phenoxy) is 3. The second kappa shape index (κ2) is 13.0. The maximum Gasteiger partial charge on any atom is 0.308 e. The molecule has 0 radical (unpaired) electrons. The average Bonchev–Trinajstić information content (AvgIpc) is 3.55. The van der Waals surface area contributed by atoms with Crippen molar-refractivity contribution in [3.05, 3.63) is 23.5 Å². The molecule has 0 heterocycles. The molecule has 8 nitrogen and oxygen atoms in total. The maximum atomic E-state index is 15.0. The highest BCUT2D eigenvalue weighted by molar-refractivity contribution is 5.98. The van der Waals surface area contributed by atoms with Gasteiger partial charge in [-0.2, -0.15) is 0 Å². The monoisotopic (exact) mass is 546 g/mol. The summed E-state index contributed by atoms with van der Waals surface area (Å²) in [5.41, 5.74) is 0.177. The number of fused-ring (bicyclic) bond motifs is 2. The van der Waals surface area contributed by atoms with Gasteiger partial charge in [-0.3, -0.25) is 14.4 Å². The van der Waals surface area contributed by atoms with E-state index in [1.165, 1.54) is 19.2 Å². The second-order valence-corrected chi connectivity index (χ2v) is 11.4. The SMILES string of the molecule is CCOC(=O)C1CCC(Oc2cc(C(=O)N[C@@H]3[C@H]4CC[C@@H](C4)[C@@H]3C(=O)NC[C@H](C)CC)c(OC)cc2F)CC1. The van der Waals surface area contributed by atoms with Gasteiger partial charge in [-0.05, 0) is 75.7 Å². The summed E-state index contributed by atoms with van der Waals surface area (Å²) in [7, 11) is 1.39. The van der Waals surface area contributed by atoms with Crippen LogP contribution in [0.15, 0.2) is 12.1 Å². The van der Waals surface area contributed by atoms with E-state index in [0.29, 0.717) is 44.8 Å². The van der Waals surface area contributed by atoms with Gasteiger partial charge in [-0.15, -0.1) is 0 Å². The average molecular weight is 547 g/mol. The number of hydrogen-bond donors (Lipinski definition) is 2. The molecule has 216 valence electrons. The molecule has 3 fully saturated rings. The molecule has 2 N–H and O–H groups in total. The molecule has 0 saturated heterocycles. The summed E-state index contributed by atoms with van der Waals surface area (Å²) in [6.45, 7) is 6.96. The zero-order valence-corrected chi connectivity index (χ0v) is 23.6. The minimum absolute atomic E-state index is 0.00122. The van der Waals surface area contributed by atoms with Crippen molar-refractivity contribution in [3.8, 4) is 11.5 Å². The van der Waals surface area contributed by atoms with Gasteiger partial charge in [0.05, 0.1) is 37.2 Å². The summed E-state index contributed by atoms with van der Waals surface area (Å²) < 4.78 is 31.4. The molecular weight excluding hydrogens is 503 g/mol. The number of methoxy groups -OCH3 is 1. The van der Waals surface area contributed by atoms with Crippen LogP contribution >= 0.6 is 0 Å². The van der Waals surface area contributed by atoms with Crippen molar-refractivity contribution in [1.82, 2.24) is 10.6 Å². The van der Waals surface area contributed by atoms with Gasteiger partial charge in [-0.25, -0.2) is 4.39 Å². The molecule has 9 heteroatoms. The van der Waals surface area contributed by atoms with Crippen LogP contribution in [-0.2, 0) is 14.3 Å². The number of carbonyl (C=O) groups is 3. The molecule has 39 heavy (non-hydrogen) atoms. The molecule has 1 aromatic carbocycles. The zero-order chi connectivity index (χ0) is 28.1. The Morgan fingerprint density at radius 1 is 1.03 bits per heavy atom. The summed E-state index contributed by atoms with van der Waals surface area (Å²) in [6.07, 6.45) is 6.03. The second-order valence-electron chi connectivity index (χ2n) is 11.4. The third kappa shape index (κ3) is 6.67. The standard InChI is InChI=1S/C30H43FN2O6/c1-5-17(3)16-32-29(35)26-19-7-8-20(13-19)27(26)33-28(34)22-14-25(23(31)15-24(22)37-4)39-21-11-9-18(10-12-21)30(36)38-6-2/h14-15,17-21,26-27H,5-13,16H2,1-4H3,(H,32,35)(H,33,34)/t17-,18?,19+,20+,21?,26+,27-/m1/s1. The van der Waals surface area contributed by atoms with Crippen molar-refractivity contribution in [2.75, 3.05) is 20.3 Å². The van der Waals surface area contributed by atoms with E-state index in [1.807, 2.05) is 0 Å². The number of hydrogen-bond acceptors (Lipinski definition) is 6. The van der Waals surface area contributed by atoms with Gasteiger partial charge in [0.1, 0.15) is 5.75 Å². The van der Waals surface area contributed by atoms with Crippen molar-refractivity contribution in [1.29, 1.82) is 0 Å². The fourth-order valence-corrected chi connectivity index (χ4v) is 6.47. The van der Waals surface area contributed by atoms with Crippen molar-refractivity contribution in [2.24, 2.45) is 29.6 Å². The highest BCUT2D eigenvalue weighted by atomic mass is 19.1. The van der Waals surface area contributed by atoms with Crippen LogP contribution in [0, 0.1) is 35.4 Å². The van der Waals surface area contributed by atoms with Crippen molar-refractivity contribution in [3.63, 3.8) is 0 Å². The van der Waals surface area contributed by atoms with Crippen molar-refractivity contribution in [2.45, 2.75) is 84.3 Å². The van der Waals surface area contributed by atoms with Gasteiger partial charge in [0.25, 0.3) is 5.91 Å². The fraction of sp³-hybridized carbons (Fsp3) is 0.700. The van der Waals surface area contributed by atoms with Gasteiger partial charge in [-0.1, -0.05) is 20.3 Å². The van der Waals surface area contributed by atoms with Gasteiger partial charge in [0.15, 0.2) is 11.6 Å². The molecule has 1 aromatic rings. The van der Waals surface area contributed by atoms with E-state index in [1.54, 1.807) is 6.92 Å². The Kier molecular flexibility index (Phi) is 9.72. The molecule has 0 aliphatic heterocycles. The summed E-state index contributed by atoms with van der Waals surface area (Å²) in [5.74, 6) is -0.649. The summed E-state index contributed by atoms with van der Waals surface area (Å²) in [4.78, 5) is 38.7. The van der Waals surface area contributed by atoms with Gasteiger partial charge in [0.2, 0.25) is 5.91 Å². The van der Waals surface area contributed by atoms with Crippen LogP contribution in [0.3, 0.4) is 0 Å². The fourth-order valence-electron chi connectivity index (χ4n) is 6.47. The highest BCUT2D eigenvalue weighted by Crippen LogP contribution is 2.49. The van der Waals surface area contributed by atoms with Gasteiger partial charge < -0.3 is 24.8 Å². The topological polar surface area (TPSA) is 103 Å². The van der Waals surface area contributed by atoms with Crippen molar-refractivity contribution < 1.29 is 33.0 Å². The number of rotatable bonds is 11. The first-order valence-corrected chi connectivity index (χ1v) is 14.5. The van der Waals surface area contributed by atoms with Crippen LogP contribution in [0.4, 0.5) is 4.39 Å². The third-order valence-corrected chi connectivity index (χ3v) is 8.92. The van der Waals surface area contributed by atoms with Crippen molar-refractivity contribution >= 4 is 17.8 Å². The Balaban J connectivity index is 1.44. The minimum Gasteiger partial charge on any atom is -0.496 e. The van der Waals surface area contributed by atoms with E-state index >= 15 is 0 Å². The van der Waals surface area contributed by atoms with Crippen LogP contribution in [0.5, 0.6) is 11.5 Å². The maximum absolute atomic E-state index is 15.0. The Morgan fingerprint density at radius 2 is 1.74 bits per heavy atom. The van der Waals surface area contributed by atoms with E-state index < -0.39 is 11.7 Å². The lowest BCUT2D eigenvalue weighted by Crippen LogP contribution is -2.50. The zero-order valence-electron chi connectivity index (χ0n) is 23.6. The normalized spacial score (nSPS) is 28.4. The first kappa shape index (κ1) is 29.2. The lowest BCUT2D eigenvalue weighted by molar-refractivity contribution is -0.149. The van der Waals surface area contributed by atoms with Gasteiger partial charge in [0, 0.05) is 18.7 Å². The smallest absolute Gasteiger partial charge is 0.308 e. The van der Waals surface area contributed by atoms with Gasteiger partial charge >= 0.3 is 5.97 Å². The predicted octanol–water partition coefficient (Wildman–Crippen LogP) is 4.64. The first-order chi connectivity index (χ1) is 18.7. The number of halogens is 1. The summed E-state index contributed by atoms with van der Waals surface area (Å²) >= 11 is 0. The molecule has 0 aromatic heterocycles. The predicted molar refractivity (Wildman–Crippen MR) is 144 cm³/mol. The molecule has 0 unspecified atom stereocenters. The van der Waals surface area contributed by atoms with E-state index in [2.05, 4.69) is 24.5 Å². The van der Waals surface area contributed by atoms with E-state index in [4.69, 9.17) is 14.2 Å². The molecule has 0 spiro atoms. The van der Waals surface area contributed by atoms with E-state index in [9.17, 15) is 18.8 Å². The number of nitrogens with one attached hydrogen (secondary N) is 2. The Hall–Kier alpha value is -2.84. The number of carbonyl (C=O) groups excluding carboxylic acids is 3.